The van der Waals surface area contributed by atoms with Crippen molar-refractivity contribution >= 4 is 48.5 Å². The zero-order valence-electron chi connectivity index (χ0n) is 30.0. The van der Waals surface area contributed by atoms with Gasteiger partial charge in [0.2, 0.25) is 0 Å². The topological polar surface area (TPSA) is 4.93 Å². The number of aromatic nitrogens is 1. The van der Waals surface area contributed by atoms with E-state index in [9.17, 15) is 0 Å². The number of hydrogen-bond donors (Lipinski definition) is 0. The van der Waals surface area contributed by atoms with Crippen molar-refractivity contribution in [3.05, 3.63) is 233 Å². The SMILES string of the molecule is Brc1ccccc1-c1ccccc1-c1cc2c(c3ccccc13)c1ccccc1n2-c1ccc2c(c1)C(c1ccccc1)(c1ccccc1)c1ccccc1-2. The second kappa shape index (κ2) is 12.6. The third-order valence-electron chi connectivity index (χ3n) is 11.8. The molecule has 55 heavy (non-hydrogen) atoms. The minimum atomic E-state index is -0.483. The Morgan fingerprint density at radius 1 is 0.345 bits per heavy atom. The highest BCUT2D eigenvalue weighted by atomic mass is 79.9. The highest BCUT2D eigenvalue weighted by Gasteiger charge is 2.46. The molecule has 0 saturated carbocycles. The monoisotopic (exact) mass is 763 g/mol. The zero-order chi connectivity index (χ0) is 36.5. The normalized spacial score (nSPS) is 13.0. The van der Waals surface area contributed by atoms with Crippen LogP contribution in [-0.2, 0) is 5.41 Å². The molecular weight excluding hydrogens is 730 g/mol. The third-order valence-corrected chi connectivity index (χ3v) is 12.5. The Labute approximate surface area is 328 Å². The molecule has 2 heteroatoms. The fraction of sp³-hybridized carbons (Fsp3) is 0.0189. The van der Waals surface area contributed by atoms with E-state index >= 15 is 0 Å². The maximum absolute atomic E-state index is 3.87. The lowest BCUT2D eigenvalue weighted by molar-refractivity contribution is 0.767. The fourth-order valence-corrected chi connectivity index (χ4v) is 10.0. The van der Waals surface area contributed by atoms with E-state index in [0.29, 0.717) is 0 Å². The van der Waals surface area contributed by atoms with Crippen molar-refractivity contribution in [1.82, 2.24) is 4.57 Å². The van der Waals surface area contributed by atoms with Gasteiger partial charge in [0.05, 0.1) is 16.4 Å². The van der Waals surface area contributed by atoms with E-state index in [-0.39, 0.29) is 0 Å². The van der Waals surface area contributed by atoms with Crippen LogP contribution in [0, 0.1) is 0 Å². The van der Waals surface area contributed by atoms with Crippen LogP contribution < -0.4 is 0 Å². The fourth-order valence-electron chi connectivity index (χ4n) is 9.53. The average Bonchev–Trinajstić information content (AvgIpc) is 3.75. The number of para-hydroxylation sites is 1. The summed E-state index contributed by atoms with van der Waals surface area (Å²) in [7, 11) is 0. The van der Waals surface area contributed by atoms with Crippen molar-refractivity contribution in [3.63, 3.8) is 0 Å². The molecule has 11 rings (SSSR count). The molecule has 10 aromatic rings. The molecule has 0 fully saturated rings. The van der Waals surface area contributed by atoms with E-state index in [0.717, 1.165) is 10.2 Å². The number of benzene rings is 9. The van der Waals surface area contributed by atoms with Gasteiger partial charge in [0.1, 0.15) is 0 Å². The summed E-state index contributed by atoms with van der Waals surface area (Å²) in [6.45, 7) is 0. The van der Waals surface area contributed by atoms with E-state index in [2.05, 4.69) is 227 Å². The molecule has 0 unspecified atom stereocenters. The van der Waals surface area contributed by atoms with Gasteiger partial charge in [-0.1, -0.05) is 192 Å². The van der Waals surface area contributed by atoms with Crippen LogP contribution in [0.25, 0.3) is 71.6 Å². The first-order valence-corrected chi connectivity index (χ1v) is 19.7. The van der Waals surface area contributed by atoms with Crippen molar-refractivity contribution in [2.24, 2.45) is 0 Å². The second-order valence-electron chi connectivity index (χ2n) is 14.5. The van der Waals surface area contributed by atoms with Gasteiger partial charge in [0, 0.05) is 20.9 Å². The molecule has 258 valence electrons. The molecule has 0 spiro atoms. The van der Waals surface area contributed by atoms with Crippen molar-refractivity contribution in [3.8, 4) is 39.1 Å². The minimum absolute atomic E-state index is 0.483. The Morgan fingerprint density at radius 3 is 1.58 bits per heavy atom. The van der Waals surface area contributed by atoms with Crippen LogP contribution in [0.2, 0.25) is 0 Å². The molecule has 9 aromatic carbocycles. The average molecular weight is 765 g/mol. The van der Waals surface area contributed by atoms with Crippen molar-refractivity contribution < 1.29 is 0 Å². The summed E-state index contributed by atoms with van der Waals surface area (Å²) in [4.78, 5) is 0. The van der Waals surface area contributed by atoms with Crippen molar-refractivity contribution in [1.29, 1.82) is 0 Å². The molecule has 0 N–H and O–H groups in total. The van der Waals surface area contributed by atoms with Gasteiger partial charge in [0.25, 0.3) is 0 Å². The van der Waals surface area contributed by atoms with E-state index in [1.165, 1.54) is 88.2 Å². The Hall–Kier alpha value is -6.48. The number of halogens is 1. The number of hydrogen-bond acceptors (Lipinski definition) is 0. The van der Waals surface area contributed by atoms with Gasteiger partial charge in [-0.3, -0.25) is 0 Å². The van der Waals surface area contributed by atoms with Crippen LogP contribution in [0.1, 0.15) is 22.3 Å². The maximum Gasteiger partial charge on any atom is 0.0714 e. The summed E-state index contributed by atoms with van der Waals surface area (Å²) >= 11 is 3.87. The van der Waals surface area contributed by atoms with Gasteiger partial charge < -0.3 is 4.57 Å². The first-order chi connectivity index (χ1) is 27.2. The van der Waals surface area contributed by atoms with Gasteiger partial charge in [0.15, 0.2) is 0 Å². The minimum Gasteiger partial charge on any atom is -0.309 e. The third kappa shape index (κ3) is 4.65. The molecule has 1 aliphatic rings. The number of nitrogens with zero attached hydrogens (tertiary/aromatic N) is 1. The molecule has 0 radical (unpaired) electrons. The van der Waals surface area contributed by atoms with Crippen LogP contribution in [0.15, 0.2) is 211 Å². The van der Waals surface area contributed by atoms with Gasteiger partial charge in [-0.05, 0) is 96.7 Å². The number of rotatable bonds is 5. The lowest BCUT2D eigenvalue weighted by Gasteiger charge is -2.34. The van der Waals surface area contributed by atoms with E-state index < -0.39 is 5.41 Å². The molecule has 1 aromatic heterocycles. The van der Waals surface area contributed by atoms with E-state index in [1.807, 2.05) is 0 Å². The molecule has 1 aliphatic carbocycles. The molecule has 1 nitrogen and oxygen atoms in total. The Kier molecular flexibility index (Phi) is 7.30. The highest BCUT2D eigenvalue weighted by Crippen LogP contribution is 2.57. The van der Waals surface area contributed by atoms with Crippen LogP contribution in [0.3, 0.4) is 0 Å². The van der Waals surface area contributed by atoms with Gasteiger partial charge >= 0.3 is 0 Å². The Bertz CT molecular complexity index is 3060. The molecular formula is C53H34BrN. The largest absolute Gasteiger partial charge is 0.309 e. The first kappa shape index (κ1) is 32.0. The lowest BCUT2D eigenvalue weighted by atomic mass is 9.67. The van der Waals surface area contributed by atoms with Gasteiger partial charge in [-0.15, -0.1) is 0 Å². The summed E-state index contributed by atoms with van der Waals surface area (Å²) in [6.07, 6.45) is 0. The molecule has 0 saturated heterocycles. The summed E-state index contributed by atoms with van der Waals surface area (Å²) in [5.74, 6) is 0. The second-order valence-corrected chi connectivity index (χ2v) is 15.4. The summed E-state index contributed by atoms with van der Waals surface area (Å²) in [5.41, 5.74) is 15.6. The van der Waals surface area contributed by atoms with E-state index in [4.69, 9.17) is 0 Å². The summed E-state index contributed by atoms with van der Waals surface area (Å²) in [5, 5.41) is 5.02. The summed E-state index contributed by atoms with van der Waals surface area (Å²) in [6, 6.07) is 75.9. The standard InChI is InChI=1S/C53H34BrN/c54-49-29-15-12-25-43(49)38-21-7-8-22-39(38)46-34-51-52(44-26-10-9-23-40(44)46)45-27-13-16-30-50(45)55(51)37-31-32-42-41-24-11-14-28-47(41)53(48(42)33-37,35-17-3-1-4-18-35)36-19-5-2-6-20-36/h1-34H. The first-order valence-electron chi connectivity index (χ1n) is 18.9. The Balaban J connectivity index is 1.25. The maximum atomic E-state index is 3.87. The Morgan fingerprint density at radius 2 is 0.873 bits per heavy atom. The van der Waals surface area contributed by atoms with E-state index in [1.54, 1.807) is 0 Å². The van der Waals surface area contributed by atoms with Crippen LogP contribution in [0.5, 0.6) is 0 Å². The predicted molar refractivity (Wildman–Crippen MR) is 234 cm³/mol. The highest BCUT2D eigenvalue weighted by molar-refractivity contribution is 9.10. The van der Waals surface area contributed by atoms with Crippen molar-refractivity contribution in [2.45, 2.75) is 5.41 Å². The molecule has 0 atom stereocenters. The lowest BCUT2D eigenvalue weighted by Crippen LogP contribution is -2.28. The van der Waals surface area contributed by atoms with Gasteiger partial charge in [-0.25, -0.2) is 0 Å². The summed E-state index contributed by atoms with van der Waals surface area (Å²) < 4.78 is 3.59. The molecule has 0 bridgehead atoms. The predicted octanol–water partition coefficient (Wildman–Crippen LogP) is 14.4. The van der Waals surface area contributed by atoms with Crippen molar-refractivity contribution in [2.75, 3.05) is 0 Å². The van der Waals surface area contributed by atoms with Crippen LogP contribution in [-0.4, -0.2) is 4.57 Å². The van der Waals surface area contributed by atoms with Crippen LogP contribution >= 0.6 is 15.9 Å². The quantitative estimate of drug-likeness (QED) is 0.164. The molecule has 0 aliphatic heterocycles. The smallest absolute Gasteiger partial charge is 0.0714 e. The van der Waals surface area contributed by atoms with Crippen LogP contribution in [0.4, 0.5) is 0 Å². The molecule has 0 amide bonds. The zero-order valence-corrected chi connectivity index (χ0v) is 31.5. The number of fused-ring (bicyclic) bond motifs is 8. The molecule has 1 heterocycles. The van der Waals surface area contributed by atoms with Gasteiger partial charge in [-0.2, -0.15) is 0 Å².